The molecule has 0 unspecified atom stereocenters. The Kier molecular flexibility index (Phi) is 6.93. The highest BCUT2D eigenvalue weighted by molar-refractivity contribution is 5.91. The van der Waals surface area contributed by atoms with Crippen LogP contribution in [0.5, 0.6) is 11.5 Å². The fraction of sp³-hybridized carbons (Fsp3) is 0.125. The lowest BCUT2D eigenvalue weighted by atomic mass is 10.1. The zero-order chi connectivity index (χ0) is 22.4. The molecule has 0 atom stereocenters. The molecule has 7 heteroatoms. The smallest absolute Gasteiger partial charge is 0.343 e. The molecule has 0 radical (unpaired) electrons. The van der Waals surface area contributed by atoms with Crippen molar-refractivity contribution in [3.05, 3.63) is 94.6 Å². The van der Waals surface area contributed by atoms with Crippen molar-refractivity contribution in [2.45, 2.75) is 13.3 Å². The van der Waals surface area contributed by atoms with E-state index >= 15 is 0 Å². The molecule has 3 nitrogen and oxygen atoms in total. The van der Waals surface area contributed by atoms with Gasteiger partial charge < -0.3 is 9.47 Å². The van der Waals surface area contributed by atoms with Crippen LogP contribution in [0.4, 0.5) is 17.6 Å². The minimum Gasteiger partial charge on any atom is -0.490 e. The number of hydrogen-bond acceptors (Lipinski definition) is 3. The number of rotatable bonds is 5. The zero-order valence-electron chi connectivity index (χ0n) is 16.3. The third-order valence-corrected chi connectivity index (χ3v) is 4.07. The summed E-state index contributed by atoms with van der Waals surface area (Å²) < 4.78 is 64.6. The molecule has 3 aromatic carbocycles. The van der Waals surface area contributed by atoms with Gasteiger partial charge in [0.2, 0.25) is 5.82 Å². The normalized spacial score (nSPS) is 10.2. The van der Waals surface area contributed by atoms with E-state index in [1.807, 2.05) is 6.92 Å². The molecular weight excluding hydrogens is 412 g/mol. The number of carbonyl (C=O) groups excluding carboxylic acids is 1. The van der Waals surface area contributed by atoms with Crippen LogP contribution in [0.25, 0.3) is 0 Å². The first-order chi connectivity index (χ1) is 14.9. The molecule has 0 bridgehead atoms. The van der Waals surface area contributed by atoms with E-state index in [1.165, 1.54) is 36.4 Å². The van der Waals surface area contributed by atoms with Crippen molar-refractivity contribution >= 4 is 5.97 Å². The summed E-state index contributed by atoms with van der Waals surface area (Å²) in [6.45, 7) is 2.12. The molecule has 0 aromatic heterocycles. The Balaban J connectivity index is 1.70. The summed E-state index contributed by atoms with van der Waals surface area (Å²) in [5.74, 6) is -0.0734. The largest absolute Gasteiger partial charge is 0.490 e. The molecule has 0 amide bonds. The quantitative estimate of drug-likeness (QED) is 0.228. The molecule has 0 aliphatic rings. The van der Waals surface area contributed by atoms with Gasteiger partial charge in [0.1, 0.15) is 5.75 Å². The van der Waals surface area contributed by atoms with E-state index in [0.717, 1.165) is 18.2 Å². The van der Waals surface area contributed by atoms with Gasteiger partial charge in [-0.05, 0) is 61.0 Å². The van der Waals surface area contributed by atoms with Gasteiger partial charge in [-0.25, -0.2) is 18.0 Å². The number of esters is 1. The Hall–Kier alpha value is -3.79. The Labute approximate surface area is 176 Å². The van der Waals surface area contributed by atoms with Gasteiger partial charge in [-0.1, -0.05) is 18.8 Å². The van der Waals surface area contributed by atoms with Gasteiger partial charge in [-0.15, -0.1) is 0 Å². The van der Waals surface area contributed by atoms with Crippen molar-refractivity contribution in [2.75, 3.05) is 6.61 Å². The van der Waals surface area contributed by atoms with Crippen LogP contribution < -0.4 is 9.47 Å². The lowest BCUT2D eigenvalue weighted by Gasteiger charge is -2.07. The minimum atomic E-state index is -1.16. The monoisotopic (exact) mass is 428 g/mol. The molecule has 0 saturated carbocycles. The van der Waals surface area contributed by atoms with Crippen LogP contribution in [0.2, 0.25) is 0 Å². The maximum Gasteiger partial charge on any atom is 0.343 e. The topological polar surface area (TPSA) is 35.5 Å². The van der Waals surface area contributed by atoms with Crippen LogP contribution in [0.1, 0.15) is 34.8 Å². The number of benzene rings is 3. The third kappa shape index (κ3) is 5.43. The average molecular weight is 428 g/mol. The van der Waals surface area contributed by atoms with Crippen molar-refractivity contribution in [1.29, 1.82) is 0 Å². The lowest BCUT2D eigenvalue weighted by Crippen LogP contribution is -2.09. The molecule has 0 N–H and O–H groups in total. The molecular formula is C24H16F4O3. The van der Waals surface area contributed by atoms with Crippen molar-refractivity contribution in [3.63, 3.8) is 0 Å². The predicted molar refractivity (Wildman–Crippen MR) is 106 cm³/mol. The van der Waals surface area contributed by atoms with Crippen molar-refractivity contribution in [3.8, 4) is 23.3 Å². The molecule has 3 rings (SSSR count). The highest BCUT2D eigenvalue weighted by Crippen LogP contribution is 2.23. The summed E-state index contributed by atoms with van der Waals surface area (Å²) >= 11 is 0. The highest BCUT2D eigenvalue weighted by Gasteiger charge is 2.14. The van der Waals surface area contributed by atoms with E-state index in [2.05, 4.69) is 11.8 Å². The van der Waals surface area contributed by atoms with Crippen LogP contribution in [-0.4, -0.2) is 12.6 Å². The highest BCUT2D eigenvalue weighted by atomic mass is 19.2. The molecule has 158 valence electrons. The van der Waals surface area contributed by atoms with E-state index in [4.69, 9.17) is 9.47 Å². The Morgan fingerprint density at radius 3 is 2.29 bits per heavy atom. The molecule has 0 heterocycles. The van der Waals surface area contributed by atoms with Gasteiger partial charge in [-0.2, -0.15) is 4.39 Å². The van der Waals surface area contributed by atoms with Gasteiger partial charge in [0.15, 0.2) is 23.2 Å². The first-order valence-electron chi connectivity index (χ1n) is 9.29. The summed E-state index contributed by atoms with van der Waals surface area (Å²) in [5.41, 5.74) is 0.181. The van der Waals surface area contributed by atoms with Crippen molar-refractivity contribution < 1.29 is 31.8 Å². The summed E-state index contributed by atoms with van der Waals surface area (Å²) in [7, 11) is 0. The number of ether oxygens (including phenoxy) is 2. The van der Waals surface area contributed by atoms with Gasteiger partial charge >= 0.3 is 5.97 Å². The van der Waals surface area contributed by atoms with Crippen molar-refractivity contribution in [1.82, 2.24) is 0 Å². The maximum atomic E-state index is 14.1. The number of carbonyl (C=O) groups is 1. The van der Waals surface area contributed by atoms with Crippen molar-refractivity contribution in [2.24, 2.45) is 0 Å². The first-order valence-corrected chi connectivity index (χ1v) is 9.29. The van der Waals surface area contributed by atoms with E-state index < -0.39 is 29.2 Å². The molecule has 31 heavy (non-hydrogen) atoms. The second-order valence-electron chi connectivity index (χ2n) is 6.38. The summed E-state index contributed by atoms with van der Waals surface area (Å²) in [4.78, 5) is 12.0. The SMILES string of the molecule is CCCOc1ccc(C#Cc2ccc(OC(=O)c3ccc(F)c(F)c3)cc2)c(F)c1F. The predicted octanol–water partition coefficient (Wildman–Crippen LogP) is 5.65. The Morgan fingerprint density at radius 1 is 0.871 bits per heavy atom. The summed E-state index contributed by atoms with van der Waals surface area (Å²) in [6.07, 6.45) is 0.661. The Bertz CT molecular complexity index is 1160. The fourth-order valence-electron chi connectivity index (χ4n) is 2.49. The van der Waals surface area contributed by atoms with E-state index in [-0.39, 0.29) is 29.2 Å². The van der Waals surface area contributed by atoms with Gasteiger partial charge in [0.25, 0.3) is 0 Å². The molecule has 0 fully saturated rings. The minimum absolute atomic E-state index is 0.129. The Morgan fingerprint density at radius 2 is 1.61 bits per heavy atom. The summed E-state index contributed by atoms with van der Waals surface area (Å²) in [6, 6.07) is 11.2. The van der Waals surface area contributed by atoms with Crippen LogP contribution in [-0.2, 0) is 0 Å². The van der Waals surface area contributed by atoms with Crippen LogP contribution in [0, 0.1) is 35.1 Å². The second-order valence-corrected chi connectivity index (χ2v) is 6.38. The fourth-order valence-corrected chi connectivity index (χ4v) is 2.49. The van der Waals surface area contributed by atoms with Crippen LogP contribution in [0.3, 0.4) is 0 Å². The van der Waals surface area contributed by atoms with E-state index in [1.54, 1.807) is 0 Å². The number of halogens is 4. The average Bonchev–Trinajstić information content (AvgIpc) is 2.77. The molecule has 0 aliphatic carbocycles. The number of hydrogen-bond donors (Lipinski definition) is 0. The summed E-state index contributed by atoms with van der Waals surface area (Å²) in [5, 5.41) is 0. The van der Waals surface area contributed by atoms with Gasteiger partial charge in [-0.3, -0.25) is 0 Å². The van der Waals surface area contributed by atoms with Gasteiger partial charge in [0, 0.05) is 5.56 Å². The molecule has 0 aliphatic heterocycles. The van der Waals surface area contributed by atoms with Crippen LogP contribution in [0.15, 0.2) is 54.6 Å². The maximum absolute atomic E-state index is 14.1. The first kappa shape index (κ1) is 21.9. The molecule has 0 spiro atoms. The zero-order valence-corrected chi connectivity index (χ0v) is 16.3. The second kappa shape index (κ2) is 9.81. The standard InChI is InChI=1S/C24H16F4O3/c1-2-13-30-21-12-8-16(22(27)23(21)28)6-3-15-4-9-18(10-5-15)31-24(29)17-7-11-19(25)20(26)14-17/h4-5,7-12,14H,2,13H2,1H3. The van der Waals surface area contributed by atoms with E-state index in [0.29, 0.717) is 12.0 Å². The lowest BCUT2D eigenvalue weighted by molar-refractivity contribution is 0.0734. The third-order valence-electron chi connectivity index (χ3n) is 4.07. The van der Waals surface area contributed by atoms with Gasteiger partial charge in [0.05, 0.1) is 17.7 Å². The molecule has 0 saturated heterocycles. The molecule has 3 aromatic rings. The van der Waals surface area contributed by atoms with Crippen LogP contribution >= 0.6 is 0 Å². The van der Waals surface area contributed by atoms with E-state index in [9.17, 15) is 22.4 Å².